The van der Waals surface area contributed by atoms with Crippen molar-refractivity contribution in [2.45, 2.75) is 26.9 Å². The van der Waals surface area contributed by atoms with Crippen molar-refractivity contribution in [1.29, 1.82) is 0 Å². The highest BCUT2D eigenvalue weighted by molar-refractivity contribution is 5.38. The van der Waals surface area contributed by atoms with Crippen molar-refractivity contribution in [3.8, 4) is 0 Å². The molecule has 0 saturated heterocycles. The Balaban J connectivity index is 1.97. The number of aryl methyl sites for hydroxylation is 1. The number of hydrogen-bond acceptors (Lipinski definition) is 4. The molecule has 0 aliphatic heterocycles. The Kier molecular flexibility index (Phi) is 4.58. The summed E-state index contributed by atoms with van der Waals surface area (Å²) in [7, 11) is 2.02. The zero-order valence-electron chi connectivity index (χ0n) is 11.8. The van der Waals surface area contributed by atoms with Gasteiger partial charge in [-0.2, -0.15) is 0 Å². The van der Waals surface area contributed by atoms with E-state index in [9.17, 15) is 0 Å². The summed E-state index contributed by atoms with van der Waals surface area (Å²) in [5.74, 6) is 2.85. The van der Waals surface area contributed by atoms with E-state index in [-0.39, 0.29) is 0 Å². The zero-order chi connectivity index (χ0) is 13.7. The Morgan fingerprint density at radius 3 is 2.68 bits per heavy atom. The maximum absolute atomic E-state index is 5.57. The second kappa shape index (κ2) is 6.38. The van der Waals surface area contributed by atoms with Gasteiger partial charge in [-0.25, -0.2) is 4.98 Å². The molecule has 2 rings (SSSR count). The molecule has 0 saturated carbocycles. The predicted octanol–water partition coefficient (Wildman–Crippen LogP) is 2.73. The lowest BCUT2D eigenvalue weighted by atomic mass is 10.2. The van der Waals surface area contributed by atoms with Crippen LogP contribution in [0.15, 0.2) is 34.9 Å². The number of nitrogens with one attached hydrogen (secondary N) is 1. The van der Waals surface area contributed by atoms with Crippen molar-refractivity contribution >= 4 is 5.82 Å². The van der Waals surface area contributed by atoms with E-state index in [1.807, 2.05) is 38.4 Å². The number of furan rings is 1. The summed E-state index contributed by atoms with van der Waals surface area (Å²) in [5, 5.41) is 3.29. The van der Waals surface area contributed by atoms with Gasteiger partial charge in [-0.3, -0.25) is 0 Å². The monoisotopic (exact) mass is 259 g/mol. The van der Waals surface area contributed by atoms with E-state index in [1.54, 1.807) is 0 Å². The topological polar surface area (TPSA) is 41.3 Å². The molecule has 0 aliphatic carbocycles. The molecule has 0 radical (unpaired) electrons. The Bertz CT molecular complexity index is 504. The second-order valence-corrected chi connectivity index (χ2v) is 4.67. The maximum Gasteiger partial charge on any atom is 0.128 e. The molecule has 2 aromatic heterocycles. The maximum atomic E-state index is 5.57. The quantitative estimate of drug-likeness (QED) is 0.866. The Hall–Kier alpha value is -1.81. The van der Waals surface area contributed by atoms with Gasteiger partial charge in [-0.1, -0.05) is 13.0 Å². The van der Waals surface area contributed by atoms with Crippen LogP contribution in [-0.2, 0) is 13.1 Å². The Morgan fingerprint density at radius 1 is 1.26 bits per heavy atom. The second-order valence-electron chi connectivity index (χ2n) is 4.67. The van der Waals surface area contributed by atoms with Crippen LogP contribution >= 0.6 is 0 Å². The van der Waals surface area contributed by atoms with Crippen LogP contribution in [0.3, 0.4) is 0 Å². The van der Waals surface area contributed by atoms with Crippen LogP contribution < -0.4 is 10.2 Å². The van der Waals surface area contributed by atoms with E-state index in [2.05, 4.69) is 28.2 Å². The van der Waals surface area contributed by atoms with Crippen LogP contribution in [0.25, 0.3) is 0 Å². The molecule has 4 heteroatoms. The van der Waals surface area contributed by atoms with E-state index >= 15 is 0 Å². The molecule has 0 aliphatic rings. The average Bonchev–Trinajstić information content (AvgIpc) is 2.82. The van der Waals surface area contributed by atoms with Crippen LogP contribution in [0.1, 0.15) is 24.0 Å². The third kappa shape index (κ3) is 3.83. The molecule has 4 nitrogen and oxygen atoms in total. The summed E-state index contributed by atoms with van der Waals surface area (Å²) in [5.41, 5.74) is 1.20. The molecule has 0 amide bonds. The molecule has 0 atom stereocenters. The number of nitrogens with zero attached hydrogens (tertiary/aromatic N) is 2. The molecule has 0 unspecified atom stereocenters. The van der Waals surface area contributed by atoms with Crippen LogP contribution in [0.2, 0.25) is 0 Å². The SMILES string of the molecule is CCNCc1ccc(N(C)Cc2ccc(C)o2)nc1. The summed E-state index contributed by atoms with van der Waals surface area (Å²) in [6.45, 7) is 6.62. The lowest BCUT2D eigenvalue weighted by molar-refractivity contribution is 0.481. The first-order valence-electron chi connectivity index (χ1n) is 6.61. The van der Waals surface area contributed by atoms with Gasteiger partial charge in [-0.05, 0) is 37.2 Å². The van der Waals surface area contributed by atoms with E-state index < -0.39 is 0 Å². The first-order chi connectivity index (χ1) is 9.19. The molecular weight excluding hydrogens is 238 g/mol. The molecule has 19 heavy (non-hydrogen) atoms. The largest absolute Gasteiger partial charge is 0.464 e. The number of aromatic nitrogens is 1. The number of anilines is 1. The molecule has 2 aromatic rings. The van der Waals surface area contributed by atoms with E-state index in [4.69, 9.17) is 4.42 Å². The van der Waals surface area contributed by atoms with Gasteiger partial charge in [0.25, 0.3) is 0 Å². The fraction of sp³-hybridized carbons (Fsp3) is 0.400. The van der Waals surface area contributed by atoms with E-state index in [0.717, 1.165) is 37.0 Å². The smallest absolute Gasteiger partial charge is 0.128 e. The Labute approximate surface area is 114 Å². The summed E-state index contributed by atoms with van der Waals surface area (Å²) in [6.07, 6.45) is 1.92. The van der Waals surface area contributed by atoms with Gasteiger partial charge >= 0.3 is 0 Å². The summed E-state index contributed by atoms with van der Waals surface area (Å²) >= 11 is 0. The van der Waals surface area contributed by atoms with Crippen molar-refractivity contribution in [2.24, 2.45) is 0 Å². The van der Waals surface area contributed by atoms with Gasteiger partial charge in [0.2, 0.25) is 0 Å². The standard InChI is InChI=1S/C15H21N3O/c1-4-16-9-13-6-8-15(17-10-13)18(3)11-14-7-5-12(2)19-14/h5-8,10,16H,4,9,11H2,1-3H3. The highest BCUT2D eigenvalue weighted by Gasteiger charge is 2.06. The molecule has 0 bridgehead atoms. The minimum atomic E-state index is 0.730. The predicted molar refractivity (Wildman–Crippen MR) is 77.2 cm³/mol. The van der Waals surface area contributed by atoms with Gasteiger partial charge in [0.05, 0.1) is 6.54 Å². The van der Waals surface area contributed by atoms with Crippen molar-refractivity contribution in [2.75, 3.05) is 18.5 Å². The third-order valence-electron chi connectivity index (χ3n) is 2.97. The first-order valence-corrected chi connectivity index (χ1v) is 6.61. The molecular formula is C15H21N3O. The molecule has 0 fully saturated rings. The fourth-order valence-corrected chi connectivity index (χ4v) is 1.90. The molecule has 1 N–H and O–H groups in total. The summed E-state index contributed by atoms with van der Waals surface area (Å²) < 4.78 is 5.57. The fourth-order valence-electron chi connectivity index (χ4n) is 1.90. The van der Waals surface area contributed by atoms with Crippen molar-refractivity contribution in [3.63, 3.8) is 0 Å². The van der Waals surface area contributed by atoms with E-state index in [1.165, 1.54) is 5.56 Å². The molecule has 2 heterocycles. The van der Waals surface area contributed by atoms with Crippen molar-refractivity contribution in [3.05, 3.63) is 47.5 Å². The van der Waals surface area contributed by atoms with Crippen molar-refractivity contribution in [1.82, 2.24) is 10.3 Å². The normalized spacial score (nSPS) is 10.7. The van der Waals surface area contributed by atoms with Crippen LogP contribution in [0.5, 0.6) is 0 Å². The number of hydrogen-bond donors (Lipinski definition) is 1. The van der Waals surface area contributed by atoms with Gasteiger partial charge in [0, 0.05) is 19.8 Å². The van der Waals surface area contributed by atoms with Gasteiger partial charge in [0.15, 0.2) is 0 Å². The van der Waals surface area contributed by atoms with Crippen molar-refractivity contribution < 1.29 is 4.42 Å². The van der Waals surface area contributed by atoms with Crippen LogP contribution in [0.4, 0.5) is 5.82 Å². The lowest BCUT2D eigenvalue weighted by Crippen LogP contribution is -2.17. The average molecular weight is 259 g/mol. The minimum absolute atomic E-state index is 0.730. The van der Waals surface area contributed by atoms with E-state index in [0.29, 0.717) is 0 Å². The highest BCUT2D eigenvalue weighted by Crippen LogP contribution is 2.14. The van der Waals surface area contributed by atoms with Gasteiger partial charge < -0.3 is 14.6 Å². The lowest BCUT2D eigenvalue weighted by Gasteiger charge is -2.17. The minimum Gasteiger partial charge on any atom is -0.464 e. The number of pyridine rings is 1. The molecule has 0 aromatic carbocycles. The van der Waals surface area contributed by atoms with Crippen LogP contribution in [-0.4, -0.2) is 18.6 Å². The van der Waals surface area contributed by atoms with Gasteiger partial charge in [0.1, 0.15) is 17.3 Å². The summed E-state index contributed by atoms with van der Waals surface area (Å²) in [4.78, 5) is 6.56. The molecule has 102 valence electrons. The Morgan fingerprint density at radius 2 is 2.11 bits per heavy atom. The molecule has 0 spiro atoms. The third-order valence-corrected chi connectivity index (χ3v) is 2.97. The highest BCUT2D eigenvalue weighted by atomic mass is 16.3. The summed E-state index contributed by atoms with van der Waals surface area (Å²) in [6, 6.07) is 8.14. The zero-order valence-corrected chi connectivity index (χ0v) is 11.8. The number of rotatable bonds is 6. The van der Waals surface area contributed by atoms with Gasteiger partial charge in [-0.15, -0.1) is 0 Å². The first kappa shape index (κ1) is 13.6. The van der Waals surface area contributed by atoms with Crippen LogP contribution in [0, 0.1) is 6.92 Å².